The molecule has 34 heavy (non-hydrogen) atoms. The number of furan rings is 1. The summed E-state index contributed by atoms with van der Waals surface area (Å²) in [7, 11) is 0. The van der Waals surface area contributed by atoms with Crippen LogP contribution in [0.5, 0.6) is 0 Å². The molecule has 186 valence electrons. The van der Waals surface area contributed by atoms with Crippen molar-refractivity contribution in [2.24, 2.45) is 5.73 Å². The predicted octanol–water partition coefficient (Wildman–Crippen LogP) is 4.20. The van der Waals surface area contributed by atoms with Crippen LogP contribution in [-0.2, 0) is 9.53 Å². The van der Waals surface area contributed by atoms with Crippen LogP contribution in [0.15, 0.2) is 28.7 Å². The number of hydrogen-bond donors (Lipinski definition) is 3. The first-order valence-corrected chi connectivity index (χ1v) is 12.2. The summed E-state index contributed by atoms with van der Waals surface area (Å²) < 4.78 is 11.3. The lowest BCUT2D eigenvalue weighted by Crippen LogP contribution is -2.46. The molecule has 3 rings (SSSR count). The molecular weight excluding hydrogens is 432 g/mol. The number of nitrogens with one attached hydrogen (secondary N) is 2. The van der Waals surface area contributed by atoms with Gasteiger partial charge in [-0.15, -0.1) is 0 Å². The Labute approximate surface area is 201 Å². The summed E-state index contributed by atoms with van der Waals surface area (Å²) in [6.07, 6.45) is 5.64. The van der Waals surface area contributed by atoms with Gasteiger partial charge in [0.25, 0.3) is 5.91 Å². The number of ether oxygens (including phenoxy) is 1. The van der Waals surface area contributed by atoms with Crippen molar-refractivity contribution in [3.63, 3.8) is 0 Å². The summed E-state index contributed by atoms with van der Waals surface area (Å²) >= 11 is 0. The minimum absolute atomic E-state index is 0.0227. The molecule has 0 unspecified atom stereocenters. The standard InChI is InChI=1S/C26H38N4O4/c1-5-6-13-30(16-23(31)34-26(2,3)4)20-10-8-19(9-11-20)29-25(32)22-15-18-14-17(24(27)28)7-12-21(18)33-22/h7,12,14-15,19-20H,5-6,8-11,13,16H2,1-4H3,(H3,27,28)(H,29,32). The first kappa shape index (κ1) is 25.7. The fourth-order valence-electron chi connectivity index (χ4n) is 4.46. The lowest BCUT2D eigenvalue weighted by Gasteiger charge is -2.37. The Morgan fingerprint density at radius 2 is 1.91 bits per heavy atom. The van der Waals surface area contributed by atoms with Gasteiger partial charge >= 0.3 is 5.97 Å². The molecule has 1 saturated carbocycles. The quantitative estimate of drug-likeness (QED) is 0.287. The highest BCUT2D eigenvalue weighted by molar-refractivity contribution is 6.00. The fraction of sp³-hybridized carbons (Fsp3) is 0.577. The lowest BCUT2D eigenvalue weighted by molar-refractivity contribution is -0.157. The van der Waals surface area contributed by atoms with Gasteiger partial charge in [0.2, 0.25) is 0 Å². The zero-order valence-electron chi connectivity index (χ0n) is 20.8. The summed E-state index contributed by atoms with van der Waals surface area (Å²) in [5.74, 6) is -0.185. The average molecular weight is 471 g/mol. The number of fused-ring (bicyclic) bond motifs is 1. The molecule has 1 aliphatic rings. The van der Waals surface area contributed by atoms with Crippen LogP contribution in [0.3, 0.4) is 0 Å². The highest BCUT2D eigenvalue weighted by Gasteiger charge is 2.29. The van der Waals surface area contributed by atoms with Crippen LogP contribution < -0.4 is 11.1 Å². The summed E-state index contributed by atoms with van der Waals surface area (Å²) in [5, 5.41) is 11.4. The summed E-state index contributed by atoms with van der Waals surface area (Å²) in [5.41, 5.74) is 6.25. The monoisotopic (exact) mass is 470 g/mol. The van der Waals surface area contributed by atoms with Gasteiger partial charge in [0, 0.05) is 23.0 Å². The van der Waals surface area contributed by atoms with Crippen LogP contribution in [0, 0.1) is 5.41 Å². The number of carbonyl (C=O) groups excluding carboxylic acids is 2. The summed E-state index contributed by atoms with van der Waals surface area (Å²) in [6, 6.07) is 7.25. The second kappa shape index (κ2) is 11.0. The second-order valence-corrected chi connectivity index (χ2v) is 10.2. The van der Waals surface area contributed by atoms with Gasteiger partial charge in [0.05, 0.1) is 6.54 Å². The van der Waals surface area contributed by atoms with Gasteiger partial charge in [-0.25, -0.2) is 0 Å². The molecule has 0 saturated heterocycles. The number of benzene rings is 1. The molecule has 0 aliphatic heterocycles. The highest BCUT2D eigenvalue weighted by atomic mass is 16.6. The Kier molecular flexibility index (Phi) is 8.36. The maximum absolute atomic E-state index is 12.8. The van der Waals surface area contributed by atoms with Gasteiger partial charge in [-0.3, -0.25) is 19.9 Å². The van der Waals surface area contributed by atoms with Crippen molar-refractivity contribution >= 4 is 28.7 Å². The number of amides is 1. The molecule has 2 aromatic rings. The van der Waals surface area contributed by atoms with Crippen LogP contribution in [0.2, 0.25) is 0 Å². The molecule has 0 spiro atoms. The van der Waals surface area contributed by atoms with E-state index in [9.17, 15) is 9.59 Å². The molecule has 1 aromatic heterocycles. The molecule has 0 bridgehead atoms. The zero-order valence-corrected chi connectivity index (χ0v) is 20.8. The largest absolute Gasteiger partial charge is 0.459 e. The van der Waals surface area contributed by atoms with E-state index in [1.54, 1.807) is 24.3 Å². The van der Waals surface area contributed by atoms with Crippen LogP contribution in [0.1, 0.15) is 82.3 Å². The van der Waals surface area contributed by atoms with Crippen molar-refractivity contribution in [2.45, 2.75) is 83.9 Å². The predicted molar refractivity (Wildman–Crippen MR) is 133 cm³/mol. The third kappa shape index (κ3) is 7.06. The topological polar surface area (TPSA) is 122 Å². The first-order valence-electron chi connectivity index (χ1n) is 12.2. The zero-order chi connectivity index (χ0) is 24.9. The van der Waals surface area contributed by atoms with Crippen molar-refractivity contribution in [2.75, 3.05) is 13.1 Å². The number of esters is 1. The van der Waals surface area contributed by atoms with E-state index in [-0.39, 0.29) is 29.5 Å². The fourth-order valence-corrected chi connectivity index (χ4v) is 4.46. The SMILES string of the molecule is CCCCN(CC(=O)OC(C)(C)C)C1CCC(NC(=O)c2cc3cc(C(=N)N)ccc3o2)CC1. The van der Waals surface area contributed by atoms with Crippen LogP contribution in [-0.4, -0.2) is 53.4 Å². The Balaban J connectivity index is 1.56. The molecule has 1 aliphatic carbocycles. The molecule has 8 nitrogen and oxygen atoms in total. The van der Waals surface area contributed by atoms with Gasteiger partial charge < -0.3 is 20.2 Å². The Bertz CT molecular complexity index is 1020. The maximum Gasteiger partial charge on any atom is 0.320 e. The normalized spacial score (nSPS) is 18.7. The maximum atomic E-state index is 12.8. The van der Waals surface area contributed by atoms with Crippen LogP contribution >= 0.6 is 0 Å². The van der Waals surface area contributed by atoms with Gasteiger partial charge in [-0.2, -0.15) is 0 Å². The van der Waals surface area contributed by atoms with E-state index < -0.39 is 5.60 Å². The van der Waals surface area contributed by atoms with E-state index in [0.29, 0.717) is 23.7 Å². The Morgan fingerprint density at radius 1 is 1.21 bits per heavy atom. The van der Waals surface area contributed by atoms with Gasteiger partial charge in [0.1, 0.15) is 17.0 Å². The van der Waals surface area contributed by atoms with Crippen molar-refractivity contribution < 1.29 is 18.7 Å². The van der Waals surface area contributed by atoms with E-state index in [1.807, 2.05) is 20.8 Å². The molecule has 1 amide bonds. The smallest absolute Gasteiger partial charge is 0.320 e. The molecule has 1 fully saturated rings. The Hall–Kier alpha value is -2.87. The second-order valence-electron chi connectivity index (χ2n) is 10.2. The van der Waals surface area contributed by atoms with Crippen LogP contribution in [0.25, 0.3) is 11.0 Å². The molecule has 4 N–H and O–H groups in total. The summed E-state index contributed by atoms with van der Waals surface area (Å²) in [6.45, 7) is 8.99. The van der Waals surface area contributed by atoms with E-state index in [4.69, 9.17) is 20.3 Å². The first-order chi connectivity index (χ1) is 16.1. The number of nitrogens with two attached hydrogens (primary N) is 1. The molecule has 0 atom stereocenters. The van der Waals surface area contributed by atoms with E-state index in [2.05, 4.69) is 17.1 Å². The highest BCUT2D eigenvalue weighted by Crippen LogP contribution is 2.25. The number of unbranched alkanes of at least 4 members (excludes halogenated alkanes) is 1. The minimum Gasteiger partial charge on any atom is -0.459 e. The third-order valence-electron chi connectivity index (χ3n) is 6.15. The van der Waals surface area contributed by atoms with Crippen molar-refractivity contribution in [3.8, 4) is 0 Å². The molecule has 1 heterocycles. The van der Waals surface area contributed by atoms with Gasteiger partial charge in [-0.1, -0.05) is 13.3 Å². The molecule has 0 radical (unpaired) electrons. The van der Waals surface area contributed by atoms with E-state index in [0.717, 1.165) is 50.5 Å². The Morgan fingerprint density at radius 3 is 2.53 bits per heavy atom. The van der Waals surface area contributed by atoms with Gasteiger partial charge in [-0.05, 0) is 83.7 Å². The third-order valence-corrected chi connectivity index (χ3v) is 6.15. The van der Waals surface area contributed by atoms with Crippen molar-refractivity contribution in [1.82, 2.24) is 10.2 Å². The van der Waals surface area contributed by atoms with Crippen molar-refractivity contribution in [1.29, 1.82) is 5.41 Å². The van der Waals surface area contributed by atoms with E-state index >= 15 is 0 Å². The number of rotatable bonds is 9. The van der Waals surface area contributed by atoms with Crippen LogP contribution in [0.4, 0.5) is 0 Å². The average Bonchev–Trinajstić information content (AvgIpc) is 3.19. The molecule has 8 heteroatoms. The summed E-state index contributed by atoms with van der Waals surface area (Å²) in [4.78, 5) is 27.5. The van der Waals surface area contributed by atoms with Gasteiger partial charge in [0.15, 0.2) is 5.76 Å². The number of carbonyl (C=O) groups is 2. The van der Waals surface area contributed by atoms with Crippen molar-refractivity contribution in [3.05, 3.63) is 35.6 Å². The number of hydrogen-bond acceptors (Lipinski definition) is 6. The number of nitrogen functional groups attached to an aromatic ring is 1. The number of nitrogens with zero attached hydrogens (tertiary/aromatic N) is 1. The number of amidine groups is 1. The molecule has 1 aromatic carbocycles. The van der Waals surface area contributed by atoms with E-state index in [1.165, 1.54) is 0 Å². The molecular formula is C26H38N4O4. The lowest BCUT2D eigenvalue weighted by atomic mass is 9.89. The minimum atomic E-state index is -0.486.